The van der Waals surface area contributed by atoms with Gasteiger partial charge in [-0.15, -0.1) is 0 Å². The van der Waals surface area contributed by atoms with Crippen LogP contribution in [0.15, 0.2) is 63.5 Å². The number of allylic oxidation sites excluding steroid dienone is 1. The summed E-state index contributed by atoms with van der Waals surface area (Å²) in [7, 11) is 0. The fourth-order valence-corrected chi connectivity index (χ4v) is 2.80. The van der Waals surface area contributed by atoms with E-state index in [1.165, 1.54) is 12.1 Å². The van der Waals surface area contributed by atoms with E-state index in [1.54, 1.807) is 24.3 Å². The zero-order valence-electron chi connectivity index (χ0n) is 13.8. The lowest BCUT2D eigenvalue weighted by Crippen LogP contribution is -1.88. The Morgan fingerprint density at radius 2 is 1.92 bits per heavy atom. The number of aryl methyl sites for hydroxylation is 1. The Morgan fingerprint density at radius 3 is 2.54 bits per heavy atom. The van der Waals surface area contributed by atoms with Gasteiger partial charge in [0.15, 0.2) is 0 Å². The summed E-state index contributed by atoms with van der Waals surface area (Å²) in [4.78, 5) is 10.3. The average Bonchev–Trinajstić information content (AvgIpc) is 3.10. The van der Waals surface area contributed by atoms with E-state index in [2.05, 4.69) is 22.0 Å². The van der Waals surface area contributed by atoms with Crippen LogP contribution < -0.4 is 0 Å². The van der Waals surface area contributed by atoms with Gasteiger partial charge < -0.3 is 4.42 Å². The molecule has 0 amide bonds. The van der Waals surface area contributed by atoms with Gasteiger partial charge in [-0.3, -0.25) is 10.1 Å². The molecule has 3 rings (SSSR count). The van der Waals surface area contributed by atoms with Crippen molar-refractivity contribution < 1.29 is 9.34 Å². The molecule has 0 unspecified atom stereocenters. The lowest BCUT2D eigenvalue weighted by molar-refractivity contribution is -0.384. The second-order valence-corrected chi connectivity index (χ2v) is 6.49. The molecule has 0 aliphatic rings. The van der Waals surface area contributed by atoms with E-state index in [0.717, 1.165) is 15.6 Å². The standard InChI is InChI=1S/C20H13BrN2O3/c1-13-2-3-15(11-19(13)21)20-9-8-18(26-20)10-16(12-22)14-4-6-17(7-5-14)23(24)25/h2-11H,1H3/b16-10-. The van der Waals surface area contributed by atoms with Crippen molar-refractivity contribution in [3.63, 3.8) is 0 Å². The first-order valence-corrected chi connectivity index (χ1v) is 8.50. The maximum absolute atomic E-state index is 10.7. The van der Waals surface area contributed by atoms with Gasteiger partial charge in [-0.25, -0.2) is 0 Å². The second-order valence-electron chi connectivity index (χ2n) is 5.64. The summed E-state index contributed by atoms with van der Waals surface area (Å²) in [5.41, 5.74) is 3.00. The Morgan fingerprint density at radius 1 is 1.19 bits per heavy atom. The molecule has 0 atom stereocenters. The molecule has 1 aromatic heterocycles. The van der Waals surface area contributed by atoms with Crippen molar-refractivity contribution in [2.24, 2.45) is 0 Å². The van der Waals surface area contributed by atoms with E-state index in [4.69, 9.17) is 4.42 Å². The van der Waals surface area contributed by atoms with Gasteiger partial charge in [0, 0.05) is 22.2 Å². The van der Waals surface area contributed by atoms with Gasteiger partial charge in [-0.05, 0) is 54.5 Å². The van der Waals surface area contributed by atoms with Crippen molar-refractivity contribution in [2.75, 3.05) is 0 Å². The highest BCUT2D eigenvalue weighted by molar-refractivity contribution is 9.10. The molecular formula is C20H13BrN2O3. The number of nitro groups is 1. The number of nitro benzene ring substituents is 1. The number of nitrogens with zero attached hydrogens (tertiary/aromatic N) is 2. The summed E-state index contributed by atoms with van der Waals surface area (Å²) in [6.45, 7) is 2.01. The highest BCUT2D eigenvalue weighted by Gasteiger charge is 2.09. The van der Waals surface area contributed by atoms with Crippen molar-refractivity contribution in [1.82, 2.24) is 0 Å². The molecule has 0 aliphatic carbocycles. The predicted molar refractivity (Wildman–Crippen MR) is 103 cm³/mol. The van der Waals surface area contributed by atoms with Gasteiger partial charge in [0.2, 0.25) is 0 Å². The van der Waals surface area contributed by atoms with Crippen LogP contribution in [0.2, 0.25) is 0 Å². The van der Waals surface area contributed by atoms with Crippen LogP contribution >= 0.6 is 15.9 Å². The average molecular weight is 409 g/mol. The number of nitriles is 1. The summed E-state index contributed by atoms with van der Waals surface area (Å²) in [6.07, 6.45) is 1.62. The van der Waals surface area contributed by atoms with Crippen LogP contribution in [0.25, 0.3) is 23.0 Å². The Labute approximate surface area is 158 Å². The number of furan rings is 1. The minimum absolute atomic E-state index is 0.0173. The topological polar surface area (TPSA) is 80.1 Å². The smallest absolute Gasteiger partial charge is 0.269 e. The van der Waals surface area contributed by atoms with E-state index in [0.29, 0.717) is 22.7 Å². The van der Waals surface area contributed by atoms with E-state index < -0.39 is 4.92 Å². The van der Waals surface area contributed by atoms with Crippen molar-refractivity contribution in [2.45, 2.75) is 6.92 Å². The summed E-state index contributed by atoms with van der Waals surface area (Å²) in [5, 5.41) is 20.1. The third-order valence-corrected chi connectivity index (χ3v) is 4.73. The number of hydrogen-bond donors (Lipinski definition) is 0. The normalized spacial score (nSPS) is 11.2. The van der Waals surface area contributed by atoms with E-state index in [-0.39, 0.29) is 5.69 Å². The molecule has 0 spiro atoms. The van der Waals surface area contributed by atoms with Gasteiger partial charge in [0.25, 0.3) is 5.69 Å². The maximum Gasteiger partial charge on any atom is 0.269 e. The summed E-state index contributed by atoms with van der Waals surface area (Å²) in [5.74, 6) is 1.23. The fraction of sp³-hybridized carbons (Fsp3) is 0.0500. The highest BCUT2D eigenvalue weighted by atomic mass is 79.9. The molecule has 0 N–H and O–H groups in total. The molecule has 2 aromatic carbocycles. The number of benzene rings is 2. The molecule has 128 valence electrons. The Balaban J connectivity index is 1.91. The van der Waals surface area contributed by atoms with Crippen molar-refractivity contribution in [1.29, 1.82) is 5.26 Å². The molecule has 26 heavy (non-hydrogen) atoms. The molecule has 0 bridgehead atoms. The van der Waals surface area contributed by atoms with Gasteiger partial charge in [0.1, 0.15) is 11.5 Å². The Kier molecular flexibility index (Phi) is 5.01. The first kappa shape index (κ1) is 17.6. The second kappa shape index (κ2) is 7.38. The minimum atomic E-state index is -0.474. The largest absolute Gasteiger partial charge is 0.457 e. The number of non-ortho nitro benzene ring substituents is 1. The van der Waals surface area contributed by atoms with Gasteiger partial charge >= 0.3 is 0 Å². The van der Waals surface area contributed by atoms with Crippen LogP contribution in [-0.4, -0.2) is 4.92 Å². The predicted octanol–water partition coefficient (Wildman–Crippen LogP) is 5.99. The lowest BCUT2D eigenvalue weighted by atomic mass is 10.1. The summed E-state index contributed by atoms with van der Waals surface area (Å²) >= 11 is 3.50. The first-order valence-electron chi connectivity index (χ1n) is 7.71. The minimum Gasteiger partial charge on any atom is -0.457 e. The van der Waals surface area contributed by atoms with Crippen LogP contribution in [0.3, 0.4) is 0 Å². The molecule has 0 saturated heterocycles. The van der Waals surface area contributed by atoms with E-state index >= 15 is 0 Å². The first-order chi connectivity index (χ1) is 12.5. The van der Waals surface area contributed by atoms with Crippen molar-refractivity contribution in [3.8, 4) is 17.4 Å². The van der Waals surface area contributed by atoms with Crippen LogP contribution in [0, 0.1) is 28.4 Å². The molecule has 0 fully saturated rings. The molecule has 0 aliphatic heterocycles. The number of hydrogen-bond acceptors (Lipinski definition) is 4. The number of halogens is 1. The van der Waals surface area contributed by atoms with Crippen molar-refractivity contribution in [3.05, 3.63) is 86.1 Å². The maximum atomic E-state index is 10.7. The molecule has 0 radical (unpaired) electrons. The SMILES string of the molecule is Cc1ccc(-c2ccc(/C=C(/C#N)c3ccc([N+](=O)[O-])cc3)o2)cc1Br. The molecule has 0 saturated carbocycles. The Bertz CT molecular complexity index is 1040. The quantitative estimate of drug-likeness (QED) is 0.301. The van der Waals surface area contributed by atoms with Gasteiger partial charge in [-0.1, -0.05) is 28.1 Å². The fourth-order valence-electron chi connectivity index (χ4n) is 2.42. The summed E-state index contributed by atoms with van der Waals surface area (Å²) in [6, 6.07) is 17.5. The third kappa shape index (κ3) is 3.73. The van der Waals surface area contributed by atoms with E-state index in [1.807, 2.05) is 31.2 Å². The van der Waals surface area contributed by atoms with Crippen LogP contribution in [-0.2, 0) is 0 Å². The highest BCUT2D eigenvalue weighted by Crippen LogP contribution is 2.29. The lowest BCUT2D eigenvalue weighted by Gasteiger charge is -2.01. The van der Waals surface area contributed by atoms with Crippen LogP contribution in [0.1, 0.15) is 16.9 Å². The van der Waals surface area contributed by atoms with E-state index in [9.17, 15) is 15.4 Å². The number of rotatable bonds is 4. The molecule has 6 heteroatoms. The monoisotopic (exact) mass is 408 g/mol. The Hall–Kier alpha value is -3.17. The van der Waals surface area contributed by atoms with Gasteiger partial charge in [0.05, 0.1) is 16.6 Å². The molecule has 3 aromatic rings. The zero-order valence-corrected chi connectivity index (χ0v) is 15.4. The molecular weight excluding hydrogens is 396 g/mol. The molecule has 5 nitrogen and oxygen atoms in total. The summed E-state index contributed by atoms with van der Waals surface area (Å²) < 4.78 is 6.82. The third-order valence-electron chi connectivity index (χ3n) is 3.88. The van der Waals surface area contributed by atoms with Crippen LogP contribution in [0.4, 0.5) is 5.69 Å². The van der Waals surface area contributed by atoms with Gasteiger partial charge in [-0.2, -0.15) is 5.26 Å². The molecule has 1 heterocycles. The zero-order chi connectivity index (χ0) is 18.7. The van der Waals surface area contributed by atoms with Crippen LogP contribution in [0.5, 0.6) is 0 Å². The van der Waals surface area contributed by atoms with Crippen molar-refractivity contribution >= 4 is 33.3 Å².